The van der Waals surface area contributed by atoms with Gasteiger partial charge in [0.1, 0.15) is 5.76 Å². The van der Waals surface area contributed by atoms with E-state index in [1.807, 2.05) is 56.6 Å². The first-order valence-electron chi connectivity index (χ1n) is 17.0. The van der Waals surface area contributed by atoms with Gasteiger partial charge in [-0.25, -0.2) is 0 Å². The molecular formula is C47H59NOS. The molecular weight excluding hydrogens is 627 g/mol. The topological polar surface area (TPSA) is 18.1 Å². The molecule has 0 amide bonds. The summed E-state index contributed by atoms with van der Waals surface area (Å²) in [6, 6.07) is 47.8. The molecule has 0 atom stereocenters. The average molecular weight is 686 g/mol. The van der Waals surface area contributed by atoms with Crippen LogP contribution in [-0.2, 0) is 7.05 Å². The molecule has 0 aliphatic carbocycles. The Morgan fingerprint density at radius 1 is 0.400 bits per heavy atom. The van der Waals surface area contributed by atoms with E-state index in [9.17, 15) is 0 Å². The van der Waals surface area contributed by atoms with E-state index in [4.69, 9.17) is 4.42 Å². The predicted octanol–water partition coefficient (Wildman–Crippen LogP) is 13.9. The van der Waals surface area contributed by atoms with Crippen molar-refractivity contribution in [1.82, 2.24) is 4.57 Å². The van der Waals surface area contributed by atoms with Crippen LogP contribution in [0.15, 0.2) is 162 Å². The molecule has 0 aliphatic heterocycles. The van der Waals surface area contributed by atoms with Gasteiger partial charge >= 0.3 is 0 Å². The molecule has 0 spiro atoms. The molecule has 7 rings (SSSR count). The molecule has 0 unspecified atom stereocenters. The number of benzene rings is 4. The van der Waals surface area contributed by atoms with Crippen molar-refractivity contribution in [2.45, 2.75) is 69.2 Å². The van der Waals surface area contributed by atoms with Crippen molar-refractivity contribution in [2.24, 2.45) is 7.05 Å². The molecule has 3 heterocycles. The Morgan fingerprint density at radius 2 is 0.800 bits per heavy atom. The van der Waals surface area contributed by atoms with Crippen LogP contribution >= 0.6 is 11.3 Å². The Morgan fingerprint density at radius 3 is 0.940 bits per heavy atom. The lowest BCUT2D eigenvalue weighted by atomic mass is 10.2. The zero-order valence-electron chi connectivity index (χ0n) is 32.3. The van der Waals surface area contributed by atoms with Crippen LogP contribution in [0.2, 0.25) is 0 Å². The third-order valence-corrected chi connectivity index (χ3v) is 7.93. The number of thiophene rings is 1. The van der Waals surface area contributed by atoms with Crippen LogP contribution in [0.3, 0.4) is 0 Å². The van der Waals surface area contributed by atoms with E-state index in [2.05, 4.69) is 175 Å². The van der Waals surface area contributed by atoms with Crippen LogP contribution in [-0.4, -0.2) is 4.57 Å². The van der Waals surface area contributed by atoms with E-state index < -0.39 is 0 Å². The summed E-state index contributed by atoms with van der Waals surface area (Å²) in [6.45, 7) is 20.8. The standard InChI is InChI=1S/3C8H10.C7H8.C6H9N.C5H6O.C5H6S/c3*1-7-3-5-8(2)6-4-7;1-7-5-3-2-4-6-7;1-6-4-3-5-7(6)2;2*1-5-3-2-4-6-5/h3*3-6H,1-2H3;2-6H,1H3;3-5H,1-2H3;2*2-4H,1H3. The van der Waals surface area contributed by atoms with Crippen LogP contribution in [0.25, 0.3) is 0 Å². The molecule has 2 nitrogen and oxygen atoms in total. The first-order valence-corrected chi connectivity index (χ1v) is 17.9. The zero-order valence-corrected chi connectivity index (χ0v) is 33.1. The van der Waals surface area contributed by atoms with Crippen LogP contribution in [0.1, 0.15) is 55.3 Å². The summed E-state index contributed by atoms with van der Waals surface area (Å²) in [6.07, 6.45) is 3.70. The SMILES string of the molecule is Cc1ccc(C)cc1.Cc1ccc(C)cc1.Cc1ccc(C)cc1.Cc1ccccc1.Cc1cccn1C.Cc1ccco1.Cc1cccs1. The zero-order chi connectivity index (χ0) is 37.1. The van der Waals surface area contributed by atoms with Gasteiger partial charge in [-0.3, -0.25) is 0 Å². The van der Waals surface area contributed by atoms with Gasteiger partial charge in [-0.2, -0.15) is 0 Å². The highest BCUT2D eigenvalue weighted by atomic mass is 32.1. The molecule has 0 bridgehead atoms. The van der Waals surface area contributed by atoms with Gasteiger partial charge in [0, 0.05) is 23.8 Å². The first kappa shape index (κ1) is 43.2. The van der Waals surface area contributed by atoms with E-state index in [1.165, 1.54) is 49.5 Å². The molecule has 50 heavy (non-hydrogen) atoms. The minimum absolute atomic E-state index is 0.968. The van der Waals surface area contributed by atoms with Gasteiger partial charge in [0.25, 0.3) is 0 Å². The van der Waals surface area contributed by atoms with Gasteiger partial charge < -0.3 is 8.98 Å². The van der Waals surface area contributed by atoms with Crippen molar-refractivity contribution < 1.29 is 4.42 Å². The summed E-state index contributed by atoms with van der Waals surface area (Å²) in [5.41, 5.74) is 10.6. The maximum Gasteiger partial charge on any atom is 0.100 e. The molecule has 0 N–H and O–H groups in total. The number of hydrogen-bond acceptors (Lipinski definition) is 2. The van der Waals surface area contributed by atoms with E-state index >= 15 is 0 Å². The fraction of sp³-hybridized carbons (Fsp3) is 0.234. The maximum atomic E-state index is 4.83. The Balaban J connectivity index is 0.000000292. The summed E-state index contributed by atoms with van der Waals surface area (Å²) in [4.78, 5) is 1.38. The normalized spacial score (nSPS) is 9.10. The quantitative estimate of drug-likeness (QED) is 0.155. The van der Waals surface area contributed by atoms with Crippen molar-refractivity contribution >= 4 is 11.3 Å². The van der Waals surface area contributed by atoms with Gasteiger partial charge in [0.2, 0.25) is 0 Å². The highest BCUT2D eigenvalue weighted by Gasteiger charge is 1.83. The van der Waals surface area contributed by atoms with E-state index in [0.717, 1.165) is 5.76 Å². The molecule has 0 radical (unpaired) electrons. The first-order chi connectivity index (χ1) is 23.8. The highest BCUT2D eigenvalue weighted by molar-refractivity contribution is 7.09. The smallest absolute Gasteiger partial charge is 0.100 e. The second-order valence-corrected chi connectivity index (χ2v) is 13.5. The van der Waals surface area contributed by atoms with Crippen molar-refractivity contribution in [2.75, 3.05) is 0 Å². The third kappa shape index (κ3) is 23.5. The summed E-state index contributed by atoms with van der Waals surface area (Å²) in [5, 5.41) is 2.08. The molecule has 0 saturated carbocycles. The van der Waals surface area contributed by atoms with Gasteiger partial charge in [0.15, 0.2) is 0 Å². The van der Waals surface area contributed by atoms with Crippen molar-refractivity contribution in [3.05, 3.63) is 213 Å². The van der Waals surface area contributed by atoms with Gasteiger partial charge in [-0.05, 0) is 105 Å². The van der Waals surface area contributed by atoms with Crippen molar-refractivity contribution in [3.63, 3.8) is 0 Å². The summed E-state index contributed by atoms with van der Waals surface area (Å²) in [7, 11) is 2.04. The molecule has 4 aromatic carbocycles. The highest BCUT2D eigenvalue weighted by Crippen LogP contribution is 2.04. The van der Waals surface area contributed by atoms with Crippen molar-refractivity contribution in [3.8, 4) is 0 Å². The number of rotatable bonds is 0. The number of furan rings is 1. The minimum atomic E-state index is 0.968. The monoisotopic (exact) mass is 685 g/mol. The minimum Gasteiger partial charge on any atom is -0.470 e. The summed E-state index contributed by atoms with van der Waals surface area (Å²) in [5.74, 6) is 0.968. The van der Waals surface area contributed by atoms with E-state index in [0.29, 0.717) is 0 Å². The maximum absolute atomic E-state index is 4.83. The summed E-state index contributed by atoms with van der Waals surface area (Å²) < 4.78 is 6.92. The van der Waals surface area contributed by atoms with Crippen LogP contribution in [0, 0.1) is 69.2 Å². The van der Waals surface area contributed by atoms with Gasteiger partial charge in [0.05, 0.1) is 6.26 Å². The van der Waals surface area contributed by atoms with Gasteiger partial charge in [-0.15, -0.1) is 11.3 Å². The largest absolute Gasteiger partial charge is 0.470 e. The predicted molar refractivity (Wildman–Crippen MR) is 222 cm³/mol. The average Bonchev–Trinajstić information content (AvgIpc) is 3.88. The lowest BCUT2D eigenvalue weighted by Gasteiger charge is -1.90. The molecule has 264 valence electrons. The molecule has 7 aromatic rings. The third-order valence-electron chi connectivity index (χ3n) is 7.13. The second kappa shape index (κ2) is 26.1. The van der Waals surface area contributed by atoms with Crippen LogP contribution in [0.4, 0.5) is 0 Å². The molecule has 0 saturated heterocycles. The fourth-order valence-corrected chi connectivity index (χ4v) is 4.24. The van der Waals surface area contributed by atoms with E-state index in [1.54, 1.807) is 17.6 Å². The molecule has 0 aliphatic rings. The second-order valence-electron chi connectivity index (χ2n) is 12.3. The molecule has 0 fully saturated rings. The van der Waals surface area contributed by atoms with Crippen molar-refractivity contribution in [1.29, 1.82) is 0 Å². The Kier molecular flexibility index (Phi) is 22.5. The molecule has 3 aromatic heterocycles. The Hall–Kier alpha value is -4.86. The number of aromatic nitrogens is 1. The summed E-state index contributed by atoms with van der Waals surface area (Å²) >= 11 is 1.78. The Bertz CT molecular complexity index is 1530. The number of hydrogen-bond donors (Lipinski definition) is 0. The van der Waals surface area contributed by atoms with Gasteiger partial charge in [-0.1, -0.05) is 148 Å². The van der Waals surface area contributed by atoms with Crippen LogP contribution < -0.4 is 0 Å². The number of aryl methyl sites for hydroxylation is 11. The lowest BCUT2D eigenvalue weighted by molar-refractivity contribution is 0.534. The van der Waals surface area contributed by atoms with E-state index in [-0.39, 0.29) is 0 Å². The Labute approximate surface area is 308 Å². The fourth-order valence-electron chi connectivity index (χ4n) is 3.71. The lowest BCUT2D eigenvalue weighted by Crippen LogP contribution is -1.84. The molecule has 3 heteroatoms. The number of nitrogens with zero attached hydrogens (tertiary/aromatic N) is 1. The van der Waals surface area contributed by atoms with Crippen LogP contribution in [0.5, 0.6) is 0 Å².